The quantitative estimate of drug-likeness (QED) is 0.566. The summed E-state index contributed by atoms with van der Waals surface area (Å²) in [7, 11) is 0. The van der Waals surface area contributed by atoms with E-state index in [1.54, 1.807) is 0 Å². The second kappa shape index (κ2) is 18.6. The Morgan fingerprint density at radius 1 is 0.933 bits per heavy atom. The molecule has 0 heterocycles. The van der Waals surface area contributed by atoms with Crippen LogP contribution in [0.25, 0.3) is 0 Å². The Hall–Kier alpha value is -1.11. The van der Waals surface area contributed by atoms with Gasteiger partial charge < -0.3 is 18.6 Å². The highest BCUT2D eigenvalue weighted by atomic mass is 32.1. The first-order valence-electron chi connectivity index (χ1n) is 4.34. The van der Waals surface area contributed by atoms with Crippen LogP contribution in [-0.2, 0) is 29.6 Å². The van der Waals surface area contributed by atoms with Crippen molar-refractivity contribution in [2.45, 2.75) is 39.5 Å². The van der Waals surface area contributed by atoms with E-state index < -0.39 is 23.5 Å². The fraction of sp³-hybridized carbons (Fsp3) is 0.750. The summed E-state index contributed by atoms with van der Waals surface area (Å²) in [6.45, 7) is 3.68. The third kappa shape index (κ3) is 63.9. The number of hydrogen-bond donors (Lipinski definition) is 2. The maximum Gasteiger partial charge on any atom is 0.303 e. The Morgan fingerprint density at radius 3 is 1.13 bits per heavy atom. The minimum Gasteiger partial charge on any atom is -0.481 e. The summed E-state index contributed by atoms with van der Waals surface area (Å²) in [5.41, 5.74) is 0. The molecule has 0 aliphatic carbocycles. The molecular formula is C8H17O6S-. The molecule has 2 N–H and O–H groups in total. The van der Waals surface area contributed by atoms with Gasteiger partial charge in [0.15, 0.2) is 0 Å². The van der Waals surface area contributed by atoms with Gasteiger partial charge in [0, 0.05) is 12.8 Å². The van der Waals surface area contributed by atoms with E-state index in [0.29, 0.717) is 12.8 Å². The molecule has 92 valence electrons. The monoisotopic (exact) mass is 241 g/mol. The van der Waals surface area contributed by atoms with Gasteiger partial charge in [0.2, 0.25) is 0 Å². The van der Waals surface area contributed by atoms with E-state index in [9.17, 15) is 9.59 Å². The van der Waals surface area contributed by atoms with Crippen LogP contribution in [-0.4, -0.2) is 22.2 Å². The van der Waals surface area contributed by atoms with E-state index in [-0.39, 0.29) is 0 Å². The van der Waals surface area contributed by atoms with Crippen molar-refractivity contribution in [3.63, 3.8) is 0 Å². The molecule has 0 bridgehead atoms. The first kappa shape index (κ1) is 19.5. The third-order valence-corrected chi connectivity index (χ3v) is 0.928. The van der Waals surface area contributed by atoms with Gasteiger partial charge in [-0.2, -0.15) is 0 Å². The standard InChI is InChI=1S/2C4H8O2.HO2S/c2*1-2-3-4(5)6;1-3-2/h2*2-3H2,1H3,(H,5,6);3H/q;;-1. The van der Waals surface area contributed by atoms with E-state index in [0.717, 1.165) is 12.8 Å². The molecule has 0 saturated heterocycles. The van der Waals surface area contributed by atoms with Crippen molar-refractivity contribution in [2.75, 3.05) is 0 Å². The molecule has 0 atom stereocenters. The summed E-state index contributed by atoms with van der Waals surface area (Å²) in [5.74, 6) is -1.42. The largest absolute Gasteiger partial charge is 0.481 e. The lowest BCUT2D eigenvalue weighted by atomic mass is 10.4. The lowest BCUT2D eigenvalue weighted by molar-refractivity contribution is -0.138. The van der Waals surface area contributed by atoms with Crippen LogP contribution in [0.15, 0.2) is 0 Å². The Morgan fingerprint density at radius 2 is 1.13 bits per heavy atom. The van der Waals surface area contributed by atoms with Gasteiger partial charge in [0.05, 0.1) is 0 Å². The number of hydrogen-bond acceptors (Lipinski definition) is 5. The lowest BCUT2D eigenvalue weighted by Gasteiger charge is -1.79. The number of carboxylic acid groups (broad SMARTS) is 2. The van der Waals surface area contributed by atoms with Crippen LogP contribution in [0.1, 0.15) is 39.5 Å². The van der Waals surface area contributed by atoms with Crippen LogP contribution in [0.2, 0.25) is 0 Å². The summed E-state index contributed by atoms with van der Waals surface area (Å²) in [6.07, 6.45) is 2.05. The summed E-state index contributed by atoms with van der Waals surface area (Å²) in [4.78, 5) is 19.2. The molecular weight excluding hydrogens is 224 g/mol. The maximum absolute atomic E-state index is 9.60. The Kier molecular flexibility index (Phi) is 24.2. The molecule has 0 aromatic rings. The number of carboxylic acids is 2. The van der Waals surface area contributed by atoms with Gasteiger partial charge in [-0.25, -0.2) is 0 Å². The van der Waals surface area contributed by atoms with Crippen molar-refractivity contribution in [1.82, 2.24) is 0 Å². The molecule has 0 aliphatic heterocycles. The van der Waals surface area contributed by atoms with E-state index in [1.165, 1.54) is 0 Å². The molecule has 0 fully saturated rings. The van der Waals surface area contributed by atoms with Gasteiger partial charge in [-0.05, 0) is 12.8 Å². The highest BCUT2D eigenvalue weighted by Gasteiger charge is 1.88. The van der Waals surface area contributed by atoms with E-state index >= 15 is 0 Å². The summed E-state index contributed by atoms with van der Waals surface area (Å²) < 4.78 is 16.7. The molecule has 0 amide bonds. The SMILES string of the molecule is CCCC(=O)O.CCCC(=O)O.O=[SH-]=O. The summed E-state index contributed by atoms with van der Waals surface area (Å²) >= 11 is -1.08. The van der Waals surface area contributed by atoms with Crippen molar-refractivity contribution >= 4 is 23.5 Å². The van der Waals surface area contributed by atoms with Crippen molar-refractivity contribution in [3.8, 4) is 0 Å². The molecule has 0 rings (SSSR count). The number of aliphatic carboxylic acids is 2. The van der Waals surface area contributed by atoms with Gasteiger partial charge in [-0.15, -0.1) is 0 Å². The van der Waals surface area contributed by atoms with Gasteiger partial charge in [-0.1, -0.05) is 25.4 Å². The Balaban J connectivity index is -0.000000153. The van der Waals surface area contributed by atoms with Crippen LogP contribution < -0.4 is 0 Å². The minimum atomic E-state index is -1.08. The molecule has 0 unspecified atom stereocenters. The average Bonchev–Trinajstić information content (AvgIpc) is 2.05. The lowest BCUT2D eigenvalue weighted by Crippen LogP contribution is -1.90. The highest BCUT2D eigenvalue weighted by molar-refractivity contribution is 7.51. The number of carbonyl (C=O) groups is 2. The molecule has 0 aromatic carbocycles. The van der Waals surface area contributed by atoms with Crippen molar-refractivity contribution < 1.29 is 28.2 Å². The molecule has 15 heavy (non-hydrogen) atoms. The van der Waals surface area contributed by atoms with E-state index in [4.69, 9.17) is 18.6 Å². The summed E-state index contributed by atoms with van der Waals surface area (Å²) in [5, 5.41) is 15.8. The third-order valence-electron chi connectivity index (χ3n) is 0.928. The molecule has 0 saturated carbocycles. The second-order valence-corrected chi connectivity index (χ2v) is 2.51. The fourth-order valence-electron chi connectivity index (χ4n) is 0.428. The van der Waals surface area contributed by atoms with Crippen LogP contribution in [0.4, 0.5) is 0 Å². The van der Waals surface area contributed by atoms with Gasteiger partial charge in [0.1, 0.15) is 0 Å². The zero-order valence-electron chi connectivity index (χ0n) is 8.80. The number of thiol groups is 1. The normalized spacial score (nSPS) is 7.60. The van der Waals surface area contributed by atoms with Crippen LogP contribution in [0.3, 0.4) is 0 Å². The van der Waals surface area contributed by atoms with Crippen molar-refractivity contribution in [2.24, 2.45) is 0 Å². The fourth-order valence-corrected chi connectivity index (χ4v) is 0.428. The zero-order chi connectivity index (χ0) is 12.7. The van der Waals surface area contributed by atoms with Gasteiger partial charge in [0.25, 0.3) is 0 Å². The Labute approximate surface area is 91.9 Å². The van der Waals surface area contributed by atoms with Gasteiger partial charge in [-0.3, -0.25) is 9.59 Å². The highest BCUT2D eigenvalue weighted by Crippen LogP contribution is 1.82. The smallest absolute Gasteiger partial charge is 0.303 e. The maximum atomic E-state index is 9.60. The zero-order valence-corrected chi connectivity index (χ0v) is 9.70. The second-order valence-electron chi connectivity index (χ2n) is 2.36. The predicted octanol–water partition coefficient (Wildman–Crippen LogP) is 1.23. The van der Waals surface area contributed by atoms with Crippen LogP contribution in [0.5, 0.6) is 0 Å². The van der Waals surface area contributed by atoms with E-state index in [2.05, 4.69) is 0 Å². The topological polar surface area (TPSA) is 109 Å². The first-order chi connectivity index (χ1) is 6.95. The molecule has 0 aromatic heterocycles. The Bertz CT molecular complexity index is 181. The van der Waals surface area contributed by atoms with Crippen LogP contribution in [0, 0.1) is 0 Å². The van der Waals surface area contributed by atoms with Crippen molar-refractivity contribution in [1.29, 1.82) is 0 Å². The van der Waals surface area contributed by atoms with E-state index in [1.807, 2.05) is 13.8 Å². The van der Waals surface area contributed by atoms with Crippen molar-refractivity contribution in [3.05, 3.63) is 0 Å². The molecule has 7 heteroatoms. The summed E-state index contributed by atoms with van der Waals surface area (Å²) in [6, 6.07) is 0. The minimum absolute atomic E-state index is 0.292. The molecule has 6 nitrogen and oxygen atoms in total. The average molecular weight is 241 g/mol. The van der Waals surface area contributed by atoms with Gasteiger partial charge >= 0.3 is 11.9 Å². The number of rotatable bonds is 4. The molecule has 0 spiro atoms. The molecule has 0 aliphatic rings. The first-order valence-corrected chi connectivity index (χ1v) is 5.07. The molecule has 0 radical (unpaired) electrons. The van der Waals surface area contributed by atoms with Crippen LogP contribution >= 0.6 is 0 Å². The predicted molar refractivity (Wildman–Crippen MR) is 55.2 cm³/mol.